The van der Waals surface area contributed by atoms with Gasteiger partial charge in [-0.1, -0.05) is 17.7 Å². The Morgan fingerprint density at radius 2 is 2.05 bits per heavy atom. The molecule has 0 spiro atoms. The molecular weight excluding hydrogens is 351 g/mol. The van der Waals surface area contributed by atoms with Gasteiger partial charge in [0.15, 0.2) is 0 Å². The second-order valence-electron chi connectivity index (χ2n) is 4.26. The van der Waals surface area contributed by atoms with Crippen LogP contribution in [-0.4, -0.2) is 21.4 Å². The lowest BCUT2D eigenvalue weighted by molar-refractivity contribution is 0.0955. The number of nitrogens with one attached hydrogen (secondary N) is 2. The van der Waals surface area contributed by atoms with Crippen molar-refractivity contribution in [2.75, 3.05) is 7.05 Å². The molecule has 0 saturated heterocycles. The van der Waals surface area contributed by atoms with Crippen LogP contribution in [0, 0.1) is 5.82 Å². The summed E-state index contributed by atoms with van der Waals surface area (Å²) in [5.74, 6) is -0.996. The Labute approximate surface area is 136 Å². The Morgan fingerprint density at radius 1 is 1.32 bits per heavy atom. The van der Waals surface area contributed by atoms with Gasteiger partial charge in [-0.3, -0.25) is 4.79 Å². The number of carbonyl (C=O) groups excluding carboxylic acids is 1. The van der Waals surface area contributed by atoms with Crippen molar-refractivity contribution in [3.05, 3.63) is 51.6 Å². The van der Waals surface area contributed by atoms with Crippen LogP contribution in [0.3, 0.4) is 0 Å². The van der Waals surface area contributed by atoms with E-state index in [9.17, 15) is 17.6 Å². The van der Waals surface area contributed by atoms with Gasteiger partial charge < -0.3 is 5.32 Å². The SMILES string of the molecule is CNS(=O)(=O)c1ccc(C(=O)NCc2ccc(Cl)c(F)c2)s1. The first-order valence-electron chi connectivity index (χ1n) is 6.09. The quantitative estimate of drug-likeness (QED) is 0.857. The van der Waals surface area contributed by atoms with Gasteiger partial charge in [-0.15, -0.1) is 11.3 Å². The van der Waals surface area contributed by atoms with E-state index < -0.39 is 21.7 Å². The van der Waals surface area contributed by atoms with Crippen molar-refractivity contribution in [2.24, 2.45) is 0 Å². The number of rotatable bonds is 5. The first-order valence-corrected chi connectivity index (χ1v) is 8.77. The van der Waals surface area contributed by atoms with Crippen LogP contribution < -0.4 is 10.0 Å². The summed E-state index contributed by atoms with van der Waals surface area (Å²) in [7, 11) is -2.27. The molecule has 0 bridgehead atoms. The first kappa shape index (κ1) is 16.9. The Kier molecular flexibility index (Phi) is 5.17. The summed E-state index contributed by atoms with van der Waals surface area (Å²) in [5, 5.41) is 2.60. The van der Waals surface area contributed by atoms with Crippen LogP contribution in [0.25, 0.3) is 0 Å². The topological polar surface area (TPSA) is 75.3 Å². The predicted molar refractivity (Wildman–Crippen MR) is 83.1 cm³/mol. The Hall–Kier alpha value is -1.48. The highest BCUT2D eigenvalue weighted by Crippen LogP contribution is 2.21. The number of amides is 1. The zero-order valence-electron chi connectivity index (χ0n) is 11.4. The minimum Gasteiger partial charge on any atom is -0.347 e. The highest BCUT2D eigenvalue weighted by atomic mass is 35.5. The third-order valence-corrected chi connectivity index (χ3v) is 6.07. The van der Waals surface area contributed by atoms with Crippen molar-refractivity contribution in [1.82, 2.24) is 10.0 Å². The van der Waals surface area contributed by atoms with Gasteiger partial charge in [0.1, 0.15) is 10.0 Å². The molecule has 1 aromatic carbocycles. The standard InChI is InChI=1S/C13H12ClFN2O3S2/c1-16-22(19,20)12-5-4-11(21-12)13(18)17-7-8-2-3-9(14)10(15)6-8/h2-6,16H,7H2,1H3,(H,17,18). The number of benzene rings is 1. The summed E-state index contributed by atoms with van der Waals surface area (Å²) < 4.78 is 38.7. The molecule has 9 heteroatoms. The van der Waals surface area contributed by atoms with Crippen LogP contribution in [0.15, 0.2) is 34.5 Å². The van der Waals surface area contributed by atoms with E-state index in [1.54, 1.807) is 6.07 Å². The molecule has 0 aliphatic rings. The highest BCUT2D eigenvalue weighted by molar-refractivity contribution is 7.91. The lowest BCUT2D eigenvalue weighted by Gasteiger charge is -2.04. The third-order valence-electron chi connectivity index (χ3n) is 2.78. The molecule has 5 nitrogen and oxygen atoms in total. The molecule has 0 atom stereocenters. The highest BCUT2D eigenvalue weighted by Gasteiger charge is 2.17. The van der Waals surface area contributed by atoms with E-state index in [1.165, 1.54) is 31.3 Å². The summed E-state index contributed by atoms with van der Waals surface area (Å²) in [6, 6.07) is 7.01. The lowest BCUT2D eigenvalue weighted by atomic mass is 10.2. The largest absolute Gasteiger partial charge is 0.347 e. The number of carbonyl (C=O) groups is 1. The summed E-state index contributed by atoms with van der Waals surface area (Å²) >= 11 is 6.43. The second kappa shape index (κ2) is 6.74. The zero-order chi connectivity index (χ0) is 16.3. The molecular formula is C13H12ClFN2O3S2. The van der Waals surface area contributed by atoms with Crippen molar-refractivity contribution < 1.29 is 17.6 Å². The Bertz CT molecular complexity index is 805. The third kappa shape index (κ3) is 3.83. The van der Waals surface area contributed by atoms with Crippen molar-refractivity contribution in [1.29, 1.82) is 0 Å². The molecule has 1 aromatic heterocycles. The van der Waals surface area contributed by atoms with E-state index >= 15 is 0 Å². The van der Waals surface area contributed by atoms with E-state index in [0.717, 1.165) is 11.3 Å². The Balaban J connectivity index is 2.05. The molecule has 0 aliphatic heterocycles. The lowest BCUT2D eigenvalue weighted by Crippen LogP contribution is -2.22. The molecule has 1 amide bonds. The molecule has 118 valence electrons. The Morgan fingerprint density at radius 3 is 2.68 bits per heavy atom. The molecule has 0 saturated carbocycles. The van der Waals surface area contributed by atoms with Crippen molar-refractivity contribution >= 4 is 38.9 Å². The monoisotopic (exact) mass is 362 g/mol. The van der Waals surface area contributed by atoms with Gasteiger partial charge in [-0.25, -0.2) is 17.5 Å². The first-order chi connectivity index (χ1) is 10.3. The van der Waals surface area contributed by atoms with Crippen LogP contribution >= 0.6 is 22.9 Å². The average Bonchev–Trinajstić information content (AvgIpc) is 2.99. The molecule has 0 radical (unpaired) electrons. The second-order valence-corrected chi connectivity index (χ2v) is 7.86. The fourth-order valence-electron chi connectivity index (χ4n) is 1.61. The minimum atomic E-state index is -3.56. The van der Waals surface area contributed by atoms with E-state index in [1.807, 2.05) is 0 Å². The molecule has 2 aromatic rings. The van der Waals surface area contributed by atoms with Gasteiger partial charge in [0.2, 0.25) is 10.0 Å². The van der Waals surface area contributed by atoms with Crippen molar-refractivity contribution in [2.45, 2.75) is 10.8 Å². The molecule has 22 heavy (non-hydrogen) atoms. The van der Waals surface area contributed by atoms with Gasteiger partial charge in [-0.2, -0.15) is 0 Å². The summed E-state index contributed by atoms with van der Waals surface area (Å²) in [6.07, 6.45) is 0. The smallest absolute Gasteiger partial charge is 0.261 e. The summed E-state index contributed by atoms with van der Waals surface area (Å²) in [4.78, 5) is 12.2. The van der Waals surface area contributed by atoms with Crippen LogP contribution in [0.2, 0.25) is 5.02 Å². The average molecular weight is 363 g/mol. The molecule has 0 unspecified atom stereocenters. The molecule has 0 fully saturated rings. The zero-order valence-corrected chi connectivity index (χ0v) is 13.8. The normalized spacial score (nSPS) is 11.4. The van der Waals surface area contributed by atoms with Gasteiger partial charge >= 0.3 is 0 Å². The molecule has 2 rings (SSSR count). The van der Waals surface area contributed by atoms with Crippen LogP contribution in [0.4, 0.5) is 4.39 Å². The number of halogens is 2. The number of thiophene rings is 1. The molecule has 1 heterocycles. The van der Waals surface area contributed by atoms with Gasteiger partial charge in [0.05, 0.1) is 9.90 Å². The predicted octanol–water partition coefficient (Wildman–Crippen LogP) is 2.38. The number of hydrogen-bond acceptors (Lipinski definition) is 4. The fourth-order valence-corrected chi connectivity index (χ4v) is 3.78. The van der Waals surface area contributed by atoms with Crippen molar-refractivity contribution in [3.8, 4) is 0 Å². The van der Waals surface area contributed by atoms with E-state index in [4.69, 9.17) is 11.6 Å². The van der Waals surface area contributed by atoms with Gasteiger partial charge in [0, 0.05) is 6.54 Å². The van der Waals surface area contributed by atoms with Crippen LogP contribution in [0.5, 0.6) is 0 Å². The maximum absolute atomic E-state index is 13.3. The van der Waals surface area contributed by atoms with E-state index in [2.05, 4.69) is 10.0 Å². The van der Waals surface area contributed by atoms with E-state index in [0.29, 0.717) is 5.56 Å². The maximum atomic E-state index is 13.3. The summed E-state index contributed by atoms with van der Waals surface area (Å²) in [5.41, 5.74) is 0.551. The van der Waals surface area contributed by atoms with Crippen LogP contribution in [-0.2, 0) is 16.6 Å². The molecule has 0 aliphatic carbocycles. The maximum Gasteiger partial charge on any atom is 0.261 e. The van der Waals surface area contributed by atoms with Crippen molar-refractivity contribution in [3.63, 3.8) is 0 Å². The number of sulfonamides is 1. The molecule has 2 N–H and O–H groups in total. The van der Waals surface area contributed by atoms with Gasteiger partial charge in [-0.05, 0) is 36.9 Å². The number of hydrogen-bond donors (Lipinski definition) is 2. The van der Waals surface area contributed by atoms with Crippen LogP contribution in [0.1, 0.15) is 15.2 Å². The summed E-state index contributed by atoms with van der Waals surface area (Å²) in [6.45, 7) is 0.110. The van der Waals surface area contributed by atoms with Gasteiger partial charge in [0.25, 0.3) is 5.91 Å². The van der Waals surface area contributed by atoms with E-state index in [-0.39, 0.29) is 20.7 Å². The minimum absolute atomic E-state index is 0.00949. The fraction of sp³-hybridized carbons (Fsp3) is 0.154.